The lowest BCUT2D eigenvalue weighted by atomic mass is 9.70. The van der Waals surface area contributed by atoms with Crippen molar-refractivity contribution in [2.75, 3.05) is 0 Å². The number of hydrogen-bond donors (Lipinski definition) is 2. The molecule has 4 rings (SSSR count). The summed E-state index contributed by atoms with van der Waals surface area (Å²) in [5.74, 6) is 1.19. The monoisotopic (exact) mass is 392 g/mol. The predicted molar refractivity (Wildman–Crippen MR) is 105 cm³/mol. The van der Waals surface area contributed by atoms with Crippen molar-refractivity contribution in [2.24, 2.45) is 33.5 Å². The van der Waals surface area contributed by atoms with Crippen LogP contribution in [0.2, 0.25) is 0 Å². The van der Waals surface area contributed by atoms with Crippen LogP contribution in [0.3, 0.4) is 0 Å². The highest BCUT2D eigenvalue weighted by atomic mass is 16.6. The van der Waals surface area contributed by atoms with Crippen LogP contribution in [-0.4, -0.2) is 24.4 Å². The van der Waals surface area contributed by atoms with E-state index in [1.807, 2.05) is 0 Å². The van der Waals surface area contributed by atoms with Gasteiger partial charge in [-0.2, -0.15) is 0 Å². The summed E-state index contributed by atoms with van der Waals surface area (Å²) in [7, 11) is 0. The van der Waals surface area contributed by atoms with Crippen molar-refractivity contribution in [1.82, 2.24) is 10.9 Å². The van der Waals surface area contributed by atoms with E-state index in [1.165, 1.54) is 12.8 Å². The van der Waals surface area contributed by atoms with Crippen molar-refractivity contribution in [3.63, 3.8) is 0 Å². The number of fused-ring (bicyclic) bond motifs is 4. The van der Waals surface area contributed by atoms with Crippen molar-refractivity contribution < 1.29 is 19.1 Å². The van der Waals surface area contributed by atoms with Crippen LogP contribution in [0, 0.1) is 33.5 Å². The molecule has 6 nitrogen and oxygen atoms in total. The smallest absolute Gasteiger partial charge is 0.426 e. The molecule has 0 aromatic heterocycles. The van der Waals surface area contributed by atoms with E-state index >= 15 is 0 Å². The fourth-order valence-corrected chi connectivity index (χ4v) is 7.04. The third-order valence-corrected chi connectivity index (χ3v) is 10.2. The van der Waals surface area contributed by atoms with Crippen molar-refractivity contribution in [3.8, 4) is 0 Å². The molecule has 4 fully saturated rings. The Morgan fingerprint density at radius 3 is 1.32 bits per heavy atom. The van der Waals surface area contributed by atoms with E-state index in [1.54, 1.807) is 0 Å². The van der Waals surface area contributed by atoms with Crippen molar-refractivity contribution in [3.05, 3.63) is 0 Å². The van der Waals surface area contributed by atoms with Gasteiger partial charge < -0.3 is 9.47 Å². The van der Waals surface area contributed by atoms with Gasteiger partial charge in [-0.05, 0) is 61.2 Å². The summed E-state index contributed by atoms with van der Waals surface area (Å²) < 4.78 is 11.4. The molecule has 28 heavy (non-hydrogen) atoms. The minimum absolute atomic E-state index is 0.00122. The molecule has 0 aromatic carbocycles. The van der Waals surface area contributed by atoms with Gasteiger partial charge in [-0.1, -0.05) is 41.5 Å². The average molecular weight is 393 g/mol. The highest BCUT2D eigenvalue weighted by molar-refractivity contribution is 5.74. The van der Waals surface area contributed by atoms with Crippen LogP contribution in [0.25, 0.3) is 0 Å². The van der Waals surface area contributed by atoms with Gasteiger partial charge in [0.1, 0.15) is 12.2 Å². The average Bonchev–Trinajstić information content (AvgIpc) is 3.12. The zero-order valence-corrected chi connectivity index (χ0v) is 18.2. The summed E-state index contributed by atoms with van der Waals surface area (Å²) >= 11 is 0. The van der Waals surface area contributed by atoms with Gasteiger partial charge in [0.05, 0.1) is 0 Å². The minimum atomic E-state index is -0.606. The summed E-state index contributed by atoms with van der Waals surface area (Å²) in [6, 6.07) is 0. The van der Waals surface area contributed by atoms with Crippen molar-refractivity contribution in [1.29, 1.82) is 0 Å². The van der Waals surface area contributed by atoms with Gasteiger partial charge >= 0.3 is 12.2 Å². The Morgan fingerprint density at radius 1 is 0.714 bits per heavy atom. The second-order valence-corrected chi connectivity index (χ2v) is 11.3. The van der Waals surface area contributed by atoms with E-state index in [9.17, 15) is 9.59 Å². The summed E-state index contributed by atoms with van der Waals surface area (Å²) in [6.07, 6.45) is 4.94. The first-order valence-corrected chi connectivity index (χ1v) is 10.8. The molecule has 0 spiro atoms. The number of amides is 2. The van der Waals surface area contributed by atoms with E-state index in [-0.39, 0.29) is 33.9 Å². The standard InChI is InChI=1S/C22H36N2O4/c1-19(2)13-7-9-21(19,5)15(11-13)27-17(25)23-24-18(26)28-16-12-14-8-10-22(16,6)20(14,3)4/h13-16H,7-12H2,1-6H3,(H,23,25)(H,24,26). The molecule has 6 atom stereocenters. The molecule has 0 radical (unpaired) electrons. The number of carbonyl (C=O) groups is 2. The molecular weight excluding hydrogens is 356 g/mol. The zero-order chi connectivity index (χ0) is 20.5. The van der Waals surface area contributed by atoms with Gasteiger partial charge in [0.2, 0.25) is 0 Å². The first-order chi connectivity index (χ1) is 12.9. The van der Waals surface area contributed by atoms with Crippen LogP contribution in [0.4, 0.5) is 9.59 Å². The molecule has 0 aliphatic heterocycles. The SMILES string of the molecule is CC1(C)C2CCC1(C)C(OC(=O)NNC(=O)OC1CC3CCC1(C)C3(C)C)C2. The topological polar surface area (TPSA) is 76.7 Å². The second-order valence-electron chi connectivity index (χ2n) is 11.3. The highest BCUT2D eigenvalue weighted by Gasteiger charge is 2.64. The van der Waals surface area contributed by atoms with E-state index in [2.05, 4.69) is 52.4 Å². The van der Waals surface area contributed by atoms with Gasteiger partial charge in [0.15, 0.2) is 0 Å². The number of rotatable bonds is 2. The molecule has 0 heterocycles. The van der Waals surface area contributed by atoms with Crippen molar-refractivity contribution >= 4 is 12.2 Å². The largest absolute Gasteiger partial charge is 0.444 e. The fourth-order valence-electron chi connectivity index (χ4n) is 7.04. The van der Waals surface area contributed by atoms with Gasteiger partial charge in [-0.3, -0.25) is 0 Å². The maximum absolute atomic E-state index is 12.3. The van der Waals surface area contributed by atoms with Crippen molar-refractivity contribution in [2.45, 2.75) is 92.3 Å². The van der Waals surface area contributed by atoms with E-state index in [0.29, 0.717) is 11.8 Å². The second kappa shape index (κ2) is 6.02. The van der Waals surface area contributed by atoms with Gasteiger partial charge in [-0.15, -0.1) is 0 Å². The predicted octanol–water partition coefficient (Wildman–Crippen LogP) is 4.78. The summed E-state index contributed by atoms with van der Waals surface area (Å²) in [6.45, 7) is 13.5. The van der Waals surface area contributed by atoms with E-state index < -0.39 is 12.2 Å². The Hall–Kier alpha value is -1.46. The summed E-state index contributed by atoms with van der Waals surface area (Å²) in [4.78, 5) is 24.5. The van der Waals surface area contributed by atoms with E-state index in [4.69, 9.17) is 9.47 Å². The Bertz CT molecular complexity index is 632. The molecule has 2 amide bonds. The first-order valence-electron chi connectivity index (χ1n) is 10.8. The lowest BCUT2D eigenvalue weighted by Gasteiger charge is -2.38. The Labute approximate surface area is 168 Å². The molecule has 0 aromatic rings. The molecule has 6 heteroatoms. The minimum Gasteiger partial charge on any atom is -0.444 e. The molecule has 2 N–H and O–H groups in total. The number of hydrogen-bond acceptors (Lipinski definition) is 4. The number of nitrogens with one attached hydrogen (secondary N) is 2. The molecule has 4 aliphatic rings. The van der Waals surface area contributed by atoms with Gasteiger partial charge in [0, 0.05) is 10.8 Å². The number of ether oxygens (including phenoxy) is 2. The maximum atomic E-state index is 12.3. The maximum Gasteiger partial charge on any atom is 0.426 e. The van der Waals surface area contributed by atoms with Crippen LogP contribution in [0.15, 0.2) is 0 Å². The van der Waals surface area contributed by atoms with E-state index in [0.717, 1.165) is 25.7 Å². The third kappa shape index (κ3) is 2.51. The Morgan fingerprint density at radius 2 is 1.07 bits per heavy atom. The molecule has 4 aliphatic carbocycles. The zero-order valence-electron chi connectivity index (χ0n) is 18.2. The lowest BCUT2D eigenvalue weighted by molar-refractivity contribution is -0.0130. The number of hydrazine groups is 1. The summed E-state index contributed by atoms with van der Waals surface area (Å²) in [5.41, 5.74) is 5.11. The molecule has 0 saturated heterocycles. The molecule has 6 unspecified atom stereocenters. The molecule has 4 saturated carbocycles. The van der Waals surface area contributed by atoms with Gasteiger partial charge in [-0.25, -0.2) is 20.4 Å². The third-order valence-electron chi connectivity index (χ3n) is 10.2. The molecule has 158 valence electrons. The summed E-state index contributed by atoms with van der Waals surface area (Å²) in [5, 5.41) is 0. The molecular formula is C22H36N2O4. The lowest BCUT2D eigenvalue weighted by Crippen LogP contribution is -2.48. The first kappa shape index (κ1) is 19.8. The Balaban J connectivity index is 1.27. The fraction of sp³-hybridized carbons (Fsp3) is 0.909. The van der Waals surface area contributed by atoms with Crippen LogP contribution in [0.1, 0.15) is 80.1 Å². The van der Waals surface area contributed by atoms with Crippen LogP contribution in [0.5, 0.6) is 0 Å². The van der Waals surface area contributed by atoms with Crippen LogP contribution >= 0.6 is 0 Å². The van der Waals surface area contributed by atoms with Crippen LogP contribution in [-0.2, 0) is 9.47 Å². The molecule has 4 bridgehead atoms. The highest BCUT2D eigenvalue weighted by Crippen LogP contribution is 2.67. The quantitative estimate of drug-likeness (QED) is 0.663. The normalized spacial score (nSPS) is 44.4. The number of carbonyl (C=O) groups excluding carboxylic acids is 2. The van der Waals surface area contributed by atoms with Gasteiger partial charge in [0.25, 0.3) is 0 Å². The van der Waals surface area contributed by atoms with Crippen LogP contribution < -0.4 is 10.9 Å². The Kier molecular flexibility index (Phi) is 4.27.